The van der Waals surface area contributed by atoms with Crippen molar-refractivity contribution in [2.45, 2.75) is 11.4 Å². The molecule has 2 N–H and O–H groups in total. The number of nitrogens with one attached hydrogen (secondary N) is 2. The lowest BCUT2D eigenvalue weighted by Gasteiger charge is -2.38. The smallest absolute Gasteiger partial charge is 0.250 e. The standard InChI is InChI=1S/C27H29FN4O6S/c1-36-17-27(33)30-20-7-8-23(32-12-10-31(11-13-32)22-5-3-2-4-21(22)28)26(15-20)39(34,35)29-16-19-6-9-24-25(14-19)38-18-37-24/h2-9,14-15,29H,10-13,16-18H2,1H3,(H,30,33). The Hall–Kier alpha value is -3.87. The maximum Gasteiger partial charge on any atom is 0.250 e. The second-order valence-electron chi connectivity index (χ2n) is 9.10. The van der Waals surface area contributed by atoms with Crippen molar-refractivity contribution in [2.24, 2.45) is 0 Å². The summed E-state index contributed by atoms with van der Waals surface area (Å²) in [7, 11) is -2.61. The molecular weight excluding hydrogens is 527 g/mol. The Bertz CT molecular complexity index is 1460. The first-order valence-electron chi connectivity index (χ1n) is 12.4. The number of carbonyl (C=O) groups excluding carboxylic acids is 1. The van der Waals surface area contributed by atoms with Gasteiger partial charge in [0.1, 0.15) is 17.3 Å². The van der Waals surface area contributed by atoms with E-state index in [0.717, 1.165) is 0 Å². The molecule has 0 aliphatic carbocycles. The third-order valence-corrected chi connectivity index (χ3v) is 7.96. The van der Waals surface area contributed by atoms with Gasteiger partial charge in [0.2, 0.25) is 22.7 Å². The highest BCUT2D eigenvalue weighted by Crippen LogP contribution is 2.33. The van der Waals surface area contributed by atoms with Gasteiger partial charge in [-0.2, -0.15) is 0 Å². The predicted molar refractivity (Wildman–Crippen MR) is 144 cm³/mol. The van der Waals surface area contributed by atoms with E-state index in [-0.39, 0.29) is 30.7 Å². The lowest BCUT2D eigenvalue weighted by atomic mass is 10.2. The zero-order chi connectivity index (χ0) is 27.4. The number of amides is 1. The number of ether oxygens (including phenoxy) is 3. The third-order valence-electron chi connectivity index (χ3n) is 6.53. The number of fused-ring (bicyclic) bond motifs is 1. The molecule has 0 saturated carbocycles. The Morgan fingerprint density at radius 1 is 0.949 bits per heavy atom. The fraction of sp³-hybridized carbons (Fsp3) is 0.296. The summed E-state index contributed by atoms with van der Waals surface area (Å²) in [5.41, 5.74) is 2.04. The van der Waals surface area contributed by atoms with Crippen LogP contribution in [0, 0.1) is 5.82 Å². The first-order valence-corrected chi connectivity index (χ1v) is 13.9. The Balaban J connectivity index is 1.38. The molecule has 39 heavy (non-hydrogen) atoms. The lowest BCUT2D eigenvalue weighted by Crippen LogP contribution is -2.47. The van der Waals surface area contributed by atoms with Crippen molar-refractivity contribution >= 4 is 33.0 Å². The number of benzene rings is 3. The van der Waals surface area contributed by atoms with Crippen LogP contribution in [0.5, 0.6) is 11.5 Å². The van der Waals surface area contributed by atoms with Crippen LogP contribution in [0.15, 0.2) is 65.6 Å². The number of rotatable bonds is 9. The second kappa shape index (κ2) is 11.5. The number of nitrogens with zero attached hydrogens (tertiary/aromatic N) is 2. The highest BCUT2D eigenvalue weighted by Gasteiger charge is 2.27. The number of halogens is 1. The second-order valence-corrected chi connectivity index (χ2v) is 10.8. The van der Waals surface area contributed by atoms with Crippen LogP contribution in [0.25, 0.3) is 0 Å². The highest BCUT2D eigenvalue weighted by molar-refractivity contribution is 7.89. The Morgan fingerprint density at radius 2 is 1.67 bits per heavy atom. The van der Waals surface area contributed by atoms with Crippen molar-refractivity contribution in [2.75, 3.05) is 61.8 Å². The first-order chi connectivity index (χ1) is 18.8. The van der Waals surface area contributed by atoms with Gasteiger partial charge in [-0.15, -0.1) is 0 Å². The number of hydrogen-bond acceptors (Lipinski definition) is 8. The van der Waals surface area contributed by atoms with Crippen molar-refractivity contribution in [3.63, 3.8) is 0 Å². The average molecular weight is 557 g/mol. The number of piperazine rings is 1. The Kier molecular flexibility index (Phi) is 7.87. The Morgan fingerprint density at radius 3 is 2.41 bits per heavy atom. The van der Waals surface area contributed by atoms with Crippen molar-refractivity contribution < 1.29 is 31.8 Å². The molecule has 1 saturated heterocycles. The van der Waals surface area contributed by atoms with E-state index in [0.29, 0.717) is 60.3 Å². The van der Waals surface area contributed by atoms with E-state index in [2.05, 4.69) is 10.0 Å². The number of anilines is 3. The summed E-state index contributed by atoms with van der Waals surface area (Å²) in [4.78, 5) is 16.0. The monoisotopic (exact) mass is 556 g/mol. The molecule has 12 heteroatoms. The van der Waals surface area contributed by atoms with Gasteiger partial charge in [0.15, 0.2) is 11.5 Å². The fourth-order valence-electron chi connectivity index (χ4n) is 4.60. The number of carbonyl (C=O) groups is 1. The molecule has 10 nitrogen and oxygen atoms in total. The molecule has 0 atom stereocenters. The van der Waals surface area contributed by atoms with Crippen LogP contribution in [0.2, 0.25) is 0 Å². The maximum absolute atomic E-state index is 14.3. The van der Waals surface area contributed by atoms with E-state index >= 15 is 0 Å². The molecule has 3 aromatic rings. The van der Waals surface area contributed by atoms with E-state index in [1.807, 2.05) is 9.80 Å². The van der Waals surface area contributed by atoms with Crippen molar-refractivity contribution in [3.05, 3.63) is 72.0 Å². The van der Waals surface area contributed by atoms with Gasteiger partial charge in [0.05, 0.1) is 11.4 Å². The molecule has 5 rings (SSSR count). The van der Waals surface area contributed by atoms with E-state index in [1.54, 1.807) is 48.5 Å². The largest absolute Gasteiger partial charge is 0.454 e. The van der Waals surface area contributed by atoms with Gasteiger partial charge in [-0.1, -0.05) is 18.2 Å². The SMILES string of the molecule is COCC(=O)Nc1ccc(N2CCN(c3ccccc3F)CC2)c(S(=O)(=O)NCc2ccc3c(c2)OCO3)c1. The van der Waals surface area contributed by atoms with Crippen LogP contribution in [-0.4, -0.2) is 61.0 Å². The first kappa shape index (κ1) is 26.7. The number of para-hydroxylation sites is 1. The molecule has 0 bridgehead atoms. The number of hydrogen-bond donors (Lipinski definition) is 2. The quantitative estimate of drug-likeness (QED) is 0.414. The lowest BCUT2D eigenvalue weighted by molar-refractivity contribution is -0.119. The minimum atomic E-state index is -4.02. The molecule has 3 aromatic carbocycles. The van der Waals surface area contributed by atoms with Gasteiger partial charge >= 0.3 is 0 Å². The molecule has 0 radical (unpaired) electrons. The minimum absolute atomic E-state index is 0.0257. The summed E-state index contributed by atoms with van der Waals surface area (Å²) in [6, 6.07) is 16.6. The molecule has 2 heterocycles. The van der Waals surface area contributed by atoms with Gasteiger partial charge in [-0.3, -0.25) is 4.79 Å². The van der Waals surface area contributed by atoms with Crippen molar-refractivity contribution in [3.8, 4) is 11.5 Å². The highest BCUT2D eigenvalue weighted by atomic mass is 32.2. The molecule has 2 aliphatic heterocycles. The molecule has 1 amide bonds. The van der Waals surface area contributed by atoms with E-state index in [4.69, 9.17) is 14.2 Å². The molecule has 206 valence electrons. The molecule has 1 fully saturated rings. The van der Waals surface area contributed by atoms with E-state index < -0.39 is 15.9 Å². The normalized spacial score (nSPS) is 14.9. The van der Waals surface area contributed by atoms with Gasteiger partial charge < -0.3 is 29.3 Å². The predicted octanol–water partition coefficient (Wildman–Crippen LogP) is 2.94. The summed E-state index contributed by atoms with van der Waals surface area (Å²) in [5.74, 6) is 0.472. The topological polar surface area (TPSA) is 109 Å². The van der Waals surface area contributed by atoms with Crippen molar-refractivity contribution in [1.29, 1.82) is 0 Å². The van der Waals surface area contributed by atoms with Crippen molar-refractivity contribution in [1.82, 2.24) is 4.72 Å². The Labute approximate surface area is 226 Å². The van der Waals surface area contributed by atoms with E-state index in [9.17, 15) is 17.6 Å². The van der Waals surface area contributed by atoms with Gasteiger partial charge in [0.25, 0.3) is 0 Å². The molecule has 2 aliphatic rings. The van der Waals surface area contributed by atoms with Gasteiger partial charge in [-0.05, 0) is 48.0 Å². The molecule has 0 aromatic heterocycles. The summed E-state index contributed by atoms with van der Waals surface area (Å²) < 4.78 is 59.8. The number of methoxy groups -OCH3 is 1. The van der Waals surface area contributed by atoms with Crippen LogP contribution in [0.1, 0.15) is 5.56 Å². The maximum atomic E-state index is 14.3. The van der Waals surface area contributed by atoms with Crippen LogP contribution in [0.4, 0.5) is 21.5 Å². The number of sulfonamides is 1. The zero-order valence-electron chi connectivity index (χ0n) is 21.4. The summed E-state index contributed by atoms with van der Waals surface area (Å²) in [5, 5.41) is 2.67. The fourth-order valence-corrected chi connectivity index (χ4v) is 5.87. The summed E-state index contributed by atoms with van der Waals surface area (Å²) >= 11 is 0. The minimum Gasteiger partial charge on any atom is -0.454 e. The van der Waals surface area contributed by atoms with Crippen LogP contribution in [-0.2, 0) is 26.1 Å². The molecule has 0 spiro atoms. The average Bonchev–Trinajstić information content (AvgIpc) is 3.41. The van der Waals surface area contributed by atoms with E-state index in [1.165, 1.54) is 19.2 Å². The summed E-state index contributed by atoms with van der Waals surface area (Å²) in [6.45, 7) is 1.97. The zero-order valence-corrected chi connectivity index (χ0v) is 22.2. The molecule has 0 unspecified atom stereocenters. The van der Waals surface area contributed by atoms with Gasteiger partial charge in [0, 0.05) is 45.5 Å². The third kappa shape index (κ3) is 6.08. The summed E-state index contributed by atoms with van der Waals surface area (Å²) in [6.07, 6.45) is 0. The van der Waals surface area contributed by atoms with Crippen LogP contribution >= 0.6 is 0 Å². The van der Waals surface area contributed by atoms with Crippen LogP contribution in [0.3, 0.4) is 0 Å². The van der Waals surface area contributed by atoms with Crippen LogP contribution < -0.4 is 29.3 Å². The van der Waals surface area contributed by atoms with Gasteiger partial charge in [-0.25, -0.2) is 17.5 Å². The molecular formula is C27H29FN4O6S.